The highest BCUT2D eigenvalue weighted by Crippen LogP contribution is 2.18. The van der Waals surface area contributed by atoms with Crippen LogP contribution in [0.5, 0.6) is 5.75 Å². The Balaban J connectivity index is 2.04. The number of benzene rings is 2. The number of Topliss-reactive ketones (excluding diaryl/α,β-unsaturated/α-hetero) is 1. The fraction of sp³-hybridized carbons (Fsp3) is 0.222. The Kier molecular flexibility index (Phi) is 6.68. The molecule has 1 N–H and O–H groups in total. The van der Waals surface area contributed by atoms with Crippen molar-refractivity contribution in [3.05, 3.63) is 59.7 Å². The van der Waals surface area contributed by atoms with Gasteiger partial charge < -0.3 is 9.47 Å². The average molecular weight is 413 g/mol. The molecule has 1 atom stereocenters. The normalized spacial score (nSPS) is 12.3. The number of ether oxygens (including phenoxy) is 2. The third kappa shape index (κ3) is 6.31. The van der Waals surface area contributed by atoms with E-state index >= 15 is 0 Å². The SMILES string of the molecule is CC(OC(=O)c1cccc(OC(F)F)c1)C(=O)c1ccc(NS(C)(=O)=O)cc1. The molecule has 0 aliphatic rings. The van der Waals surface area contributed by atoms with Crippen molar-refractivity contribution in [3.63, 3.8) is 0 Å². The number of carbonyl (C=O) groups is 2. The van der Waals surface area contributed by atoms with E-state index in [1.54, 1.807) is 0 Å². The lowest BCUT2D eigenvalue weighted by molar-refractivity contribution is -0.0499. The van der Waals surface area contributed by atoms with Crippen molar-refractivity contribution in [1.29, 1.82) is 0 Å². The minimum Gasteiger partial charge on any atom is -0.451 e. The van der Waals surface area contributed by atoms with Crippen LogP contribution in [0.2, 0.25) is 0 Å². The van der Waals surface area contributed by atoms with Crippen LogP contribution in [0.1, 0.15) is 27.6 Å². The number of alkyl halides is 2. The van der Waals surface area contributed by atoms with Crippen molar-refractivity contribution in [2.24, 2.45) is 0 Å². The molecule has 28 heavy (non-hydrogen) atoms. The first-order valence-electron chi connectivity index (χ1n) is 7.93. The van der Waals surface area contributed by atoms with Crippen LogP contribution in [-0.4, -0.2) is 39.1 Å². The van der Waals surface area contributed by atoms with E-state index < -0.39 is 34.5 Å². The van der Waals surface area contributed by atoms with Gasteiger partial charge in [-0.05, 0) is 49.4 Å². The maximum Gasteiger partial charge on any atom is 0.387 e. The van der Waals surface area contributed by atoms with Crippen LogP contribution in [0.15, 0.2) is 48.5 Å². The lowest BCUT2D eigenvalue weighted by Crippen LogP contribution is -2.24. The highest BCUT2D eigenvalue weighted by molar-refractivity contribution is 7.92. The molecule has 2 rings (SSSR count). The smallest absolute Gasteiger partial charge is 0.387 e. The van der Waals surface area contributed by atoms with Gasteiger partial charge in [-0.2, -0.15) is 8.78 Å². The number of halogens is 2. The van der Waals surface area contributed by atoms with Crippen molar-refractivity contribution < 1.29 is 36.3 Å². The molecule has 2 aromatic rings. The van der Waals surface area contributed by atoms with Gasteiger partial charge in [0.25, 0.3) is 0 Å². The van der Waals surface area contributed by atoms with E-state index in [9.17, 15) is 26.8 Å². The van der Waals surface area contributed by atoms with E-state index in [1.165, 1.54) is 49.4 Å². The van der Waals surface area contributed by atoms with E-state index in [-0.39, 0.29) is 22.6 Å². The first kappa shape index (κ1) is 21.3. The molecule has 7 nitrogen and oxygen atoms in total. The first-order chi connectivity index (χ1) is 13.0. The second kappa shape index (κ2) is 8.79. The number of nitrogens with one attached hydrogen (secondary N) is 1. The molecule has 0 amide bonds. The van der Waals surface area contributed by atoms with Crippen LogP contribution < -0.4 is 9.46 Å². The largest absolute Gasteiger partial charge is 0.451 e. The summed E-state index contributed by atoms with van der Waals surface area (Å²) in [5.74, 6) is -1.60. The summed E-state index contributed by atoms with van der Waals surface area (Å²) in [6.45, 7) is -1.67. The van der Waals surface area contributed by atoms with Crippen molar-refractivity contribution in [2.75, 3.05) is 11.0 Å². The number of ketones is 1. The summed E-state index contributed by atoms with van der Waals surface area (Å²) in [6.07, 6.45) is -0.157. The standard InChI is InChI=1S/C18H17F2NO6S/c1-11(16(22)12-6-8-14(9-7-12)21-28(2,24)25)26-17(23)13-4-3-5-15(10-13)27-18(19)20/h3-11,18,21H,1-2H3. The number of hydrogen-bond donors (Lipinski definition) is 1. The van der Waals surface area contributed by atoms with Gasteiger partial charge in [0.1, 0.15) is 5.75 Å². The number of esters is 1. The molecule has 0 bridgehead atoms. The van der Waals surface area contributed by atoms with Gasteiger partial charge in [-0.3, -0.25) is 9.52 Å². The molecule has 0 saturated heterocycles. The van der Waals surface area contributed by atoms with E-state index in [1.807, 2.05) is 0 Å². The molecule has 150 valence electrons. The maximum atomic E-state index is 12.4. The Morgan fingerprint density at radius 3 is 2.25 bits per heavy atom. The van der Waals surface area contributed by atoms with E-state index in [0.717, 1.165) is 12.3 Å². The summed E-state index contributed by atoms with van der Waals surface area (Å²) >= 11 is 0. The summed E-state index contributed by atoms with van der Waals surface area (Å²) < 4.78 is 58.4. The zero-order valence-corrected chi connectivity index (χ0v) is 15.7. The van der Waals surface area contributed by atoms with E-state index in [0.29, 0.717) is 0 Å². The highest BCUT2D eigenvalue weighted by atomic mass is 32.2. The molecule has 0 saturated carbocycles. The van der Waals surface area contributed by atoms with Crippen molar-refractivity contribution in [2.45, 2.75) is 19.6 Å². The van der Waals surface area contributed by atoms with Crippen LogP contribution in [0, 0.1) is 0 Å². The fourth-order valence-electron chi connectivity index (χ4n) is 2.23. The number of rotatable bonds is 8. The molecule has 2 aromatic carbocycles. The number of anilines is 1. The first-order valence-corrected chi connectivity index (χ1v) is 9.82. The maximum absolute atomic E-state index is 12.4. The summed E-state index contributed by atoms with van der Waals surface area (Å²) in [5.41, 5.74) is 0.430. The van der Waals surface area contributed by atoms with Gasteiger partial charge in [0.15, 0.2) is 6.10 Å². The topological polar surface area (TPSA) is 98.8 Å². The van der Waals surface area contributed by atoms with Crippen molar-refractivity contribution in [1.82, 2.24) is 0 Å². The van der Waals surface area contributed by atoms with Crippen LogP contribution >= 0.6 is 0 Å². The van der Waals surface area contributed by atoms with Crippen molar-refractivity contribution in [3.8, 4) is 5.75 Å². The summed E-state index contributed by atoms with van der Waals surface area (Å²) in [7, 11) is -3.45. The number of hydrogen-bond acceptors (Lipinski definition) is 6. The second-order valence-electron chi connectivity index (χ2n) is 5.77. The highest BCUT2D eigenvalue weighted by Gasteiger charge is 2.21. The minimum absolute atomic E-state index is 0.0505. The van der Waals surface area contributed by atoms with Gasteiger partial charge in [-0.15, -0.1) is 0 Å². The average Bonchev–Trinajstić information content (AvgIpc) is 2.60. The van der Waals surface area contributed by atoms with Crippen LogP contribution in [0.4, 0.5) is 14.5 Å². The monoisotopic (exact) mass is 413 g/mol. The molecule has 0 spiro atoms. The number of carbonyl (C=O) groups excluding carboxylic acids is 2. The summed E-state index contributed by atoms with van der Waals surface area (Å²) in [4.78, 5) is 24.5. The minimum atomic E-state index is -3.45. The van der Waals surface area contributed by atoms with E-state index in [2.05, 4.69) is 9.46 Å². The van der Waals surface area contributed by atoms with Gasteiger partial charge in [0.05, 0.1) is 11.8 Å². The molecule has 0 fully saturated rings. The Bertz CT molecular complexity index is 960. The second-order valence-corrected chi connectivity index (χ2v) is 7.52. The predicted molar refractivity (Wildman–Crippen MR) is 97.2 cm³/mol. The molecule has 0 aliphatic carbocycles. The van der Waals surface area contributed by atoms with Gasteiger partial charge in [0, 0.05) is 11.3 Å². The van der Waals surface area contributed by atoms with Crippen LogP contribution in [0.25, 0.3) is 0 Å². The zero-order valence-electron chi connectivity index (χ0n) is 14.9. The molecule has 1 unspecified atom stereocenters. The lowest BCUT2D eigenvalue weighted by Gasteiger charge is -2.13. The van der Waals surface area contributed by atoms with Gasteiger partial charge in [-0.1, -0.05) is 6.07 Å². The molecule has 0 radical (unpaired) electrons. The van der Waals surface area contributed by atoms with Crippen LogP contribution in [0.3, 0.4) is 0 Å². The Labute approximate surface area is 160 Å². The summed E-state index contributed by atoms with van der Waals surface area (Å²) in [5, 5.41) is 0. The Hall–Kier alpha value is -3.01. The summed E-state index contributed by atoms with van der Waals surface area (Å²) in [6, 6.07) is 10.6. The molecular weight excluding hydrogens is 396 g/mol. The molecule has 0 heterocycles. The van der Waals surface area contributed by atoms with Gasteiger partial charge in [0.2, 0.25) is 15.8 Å². The predicted octanol–water partition coefficient (Wildman–Crippen LogP) is 3.09. The fourth-order valence-corrected chi connectivity index (χ4v) is 2.80. The van der Waals surface area contributed by atoms with Gasteiger partial charge in [-0.25, -0.2) is 13.2 Å². The van der Waals surface area contributed by atoms with Crippen LogP contribution in [-0.2, 0) is 14.8 Å². The quantitative estimate of drug-likeness (QED) is 0.528. The molecule has 10 heteroatoms. The number of sulfonamides is 1. The molecule has 0 aromatic heterocycles. The third-order valence-electron chi connectivity index (χ3n) is 3.42. The van der Waals surface area contributed by atoms with E-state index in [4.69, 9.17) is 4.74 Å². The van der Waals surface area contributed by atoms with Gasteiger partial charge >= 0.3 is 12.6 Å². The zero-order chi connectivity index (χ0) is 20.9. The Morgan fingerprint density at radius 2 is 1.68 bits per heavy atom. The third-order valence-corrected chi connectivity index (χ3v) is 4.03. The van der Waals surface area contributed by atoms with Crippen molar-refractivity contribution >= 4 is 27.5 Å². The molecular formula is C18H17F2NO6S. The molecule has 0 aliphatic heterocycles. The Morgan fingerprint density at radius 1 is 1.04 bits per heavy atom. The lowest BCUT2D eigenvalue weighted by atomic mass is 10.1.